The smallest absolute Gasteiger partial charge is 0.417 e. The third-order valence-corrected chi connectivity index (χ3v) is 3.72. The molecule has 0 unspecified atom stereocenters. The first-order chi connectivity index (χ1) is 8.88. The van der Waals surface area contributed by atoms with Crippen LogP contribution in [0.2, 0.25) is 0 Å². The van der Waals surface area contributed by atoms with Crippen molar-refractivity contribution in [2.75, 3.05) is 13.1 Å². The fraction of sp³-hybridized carbons (Fsp3) is 0.857. The number of rotatable bonds is 0. The summed E-state index contributed by atoms with van der Waals surface area (Å²) in [6.45, 7) is 7.22. The molecule has 5 nitrogen and oxygen atoms in total. The minimum atomic E-state index is -0.563. The standard InChI is InChI=1S/C14H24N2O3/c1-14(2,3)19-13(18)16-11-7-8-15-9-10(11)5-4-6-12(16)17/h10-11,15H,4-9H2,1-3H3/t10-,11-/m1/s1. The van der Waals surface area contributed by atoms with E-state index >= 15 is 0 Å². The third kappa shape index (κ3) is 3.47. The number of amides is 2. The second-order valence-corrected chi connectivity index (χ2v) is 6.46. The summed E-state index contributed by atoms with van der Waals surface area (Å²) in [5, 5.41) is 3.34. The van der Waals surface area contributed by atoms with Crippen LogP contribution in [0.25, 0.3) is 0 Å². The molecule has 108 valence electrons. The Bertz CT molecular complexity index is 362. The normalized spacial score (nSPS) is 28.6. The van der Waals surface area contributed by atoms with Crippen LogP contribution in [-0.2, 0) is 9.53 Å². The molecule has 2 aliphatic heterocycles. The number of hydrogen-bond acceptors (Lipinski definition) is 4. The molecule has 5 heteroatoms. The van der Waals surface area contributed by atoms with Crippen molar-refractivity contribution in [3.8, 4) is 0 Å². The van der Waals surface area contributed by atoms with Gasteiger partial charge in [-0.15, -0.1) is 0 Å². The number of carbonyl (C=O) groups is 2. The zero-order chi connectivity index (χ0) is 14.0. The molecule has 0 aromatic rings. The average Bonchev–Trinajstić information content (AvgIpc) is 2.44. The number of likely N-dealkylation sites (tertiary alicyclic amines) is 1. The maximum Gasteiger partial charge on any atom is 0.417 e. The molecule has 0 radical (unpaired) electrons. The quantitative estimate of drug-likeness (QED) is 0.729. The van der Waals surface area contributed by atoms with Crippen molar-refractivity contribution in [3.05, 3.63) is 0 Å². The molecule has 0 saturated carbocycles. The fourth-order valence-electron chi connectivity index (χ4n) is 2.91. The van der Waals surface area contributed by atoms with E-state index in [2.05, 4.69) is 5.32 Å². The first-order valence-electron chi connectivity index (χ1n) is 7.14. The molecule has 19 heavy (non-hydrogen) atoms. The minimum absolute atomic E-state index is 0.00565. The molecular weight excluding hydrogens is 244 g/mol. The van der Waals surface area contributed by atoms with Crippen LogP contribution in [0.3, 0.4) is 0 Å². The lowest BCUT2D eigenvalue weighted by Gasteiger charge is -2.37. The van der Waals surface area contributed by atoms with Gasteiger partial charge in [0.2, 0.25) is 5.91 Å². The molecule has 0 spiro atoms. The van der Waals surface area contributed by atoms with E-state index in [-0.39, 0.29) is 11.9 Å². The van der Waals surface area contributed by atoms with Gasteiger partial charge in [0.05, 0.1) is 0 Å². The van der Waals surface area contributed by atoms with E-state index in [1.807, 2.05) is 20.8 Å². The van der Waals surface area contributed by atoms with Crippen molar-refractivity contribution in [1.82, 2.24) is 10.2 Å². The first-order valence-corrected chi connectivity index (χ1v) is 7.14. The summed E-state index contributed by atoms with van der Waals surface area (Å²) in [7, 11) is 0. The van der Waals surface area contributed by atoms with Crippen LogP contribution in [-0.4, -0.2) is 41.6 Å². The molecule has 0 bridgehead atoms. The Labute approximate surface area is 114 Å². The van der Waals surface area contributed by atoms with E-state index in [4.69, 9.17) is 4.74 Å². The van der Waals surface area contributed by atoms with Gasteiger partial charge in [0.15, 0.2) is 0 Å². The van der Waals surface area contributed by atoms with Crippen molar-refractivity contribution < 1.29 is 14.3 Å². The molecule has 2 atom stereocenters. The number of imide groups is 1. The van der Waals surface area contributed by atoms with Gasteiger partial charge in [-0.25, -0.2) is 9.69 Å². The van der Waals surface area contributed by atoms with Crippen molar-refractivity contribution in [2.24, 2.45) is 5.92 Å². The third-order valence-electron chi connectivity index (χ3n) is 3.72. The Hall–Kier alpha value is -1.10. The average molecular weight is 268 g/mol. The Morgan fingerprint density at radius 3 is 2.79 bits per heavy atom. The molecule has 0 aromatic heterocycles. The number of carbonyl (C=O) groups excluding carboxylic acids is 2. The van der Waals surface area contributed by atoms with Gasteiger partial charge in [-0.3, -0.25) is 4.79 Å². The molecular formula is C14H24N2O3. The largest absolute Gasteiger partial charge is 0.443 e. The minimum Gasteiger partial charge on any atom is -0.443 e. The summed E-state index contributed by atoms with van der Waals surface area (Å²) < 4.78 is 5.40. The van der Waals surface area contributed by atoms with E-state index in [1.54, 1.807) is 0 Å². The summed E-state index contributed by atoms with van der Waals surface area (Å²) in [6.07, 6.45) is 2.67. The van der Waals surface area contributed by atoms with E-state index in [0.29, 0.717) is 12.3 Å². The highest BCUT2D eigenvalue weighted by Gasteiger charge is 2.40. The molecule has 2 aliphatic rings. The second-order valence-electron chi connectivity index (χ2n) is 6.46. The van der Waals surface area contributed by atoms with E-state index in [0.717, 1.165) is 32.4 Å². The fourth-order valence-corrected chi connectivity index (χ4v) is 2.91. The highest BCUT2D eigenvalue weighted by Crippen LogP contribution is 2.29. The van der Waals surface area contributed by atoms with Crippen LogP contribution in [0.5, 0.6) is 0 Å². The monoisotopic (exact) mass is 268 g/mol. The summed E-state index contributed by atoms with van der Waals surface area (Å²) in [5.74, 6) is 0.288. The summed E-state index contributed by atoms with van der Waals surface area (Å²) in [4.78, 5) is 25.9. The predicted octanol–water partition coefficient (Wildman–Crippen LogP) is 1.91. The predicted molar refractivity (Wildman–Crippen MR) is 71.7 cm³/mol. The highest BCUT2D eigenvalue weighted by molar-refractivity contribution is 5.92. The number of ether oxygens (including phenoxy) is 1. The van der Waals surface area contributed by atoms with Crippen molar-refractivity contribution in [3.63, 3.8) is 0 Å². The molecule has 0 aromatic carbocycles. The van der Waals surface area contributed by atoms with Gasteiger partial charge >= 0.3 is 6.09 Å². The van der Waals surface area contributed by atoms with Gasteiger partial charge in [-0.05, 0) is 59.0 Å². The number of hydrogen-bond donors (Lipinski definition) is 1. The van der Waals surface area contributed by atoms with Crippen LogP contribution in [0, 0.1) is 5.92 Å². The van der Waals surface area contributed by atoms with Crippen molar-refractivity contribution in [2.45, 2.75) is 58.1 Å². The molecule has 2 fully saturated rings. The molecule has 2 rings (SSSR count). The lowest BCUT2D eigenvalue weighted by atomic mass is 9.89. The summed E-state index contributed by atoms with van der Waals surface area (Å²) in [5.41, 5.74) is -0.563. The Balaban J connectivity index is 2.17. The van der Waals surface area contributed by atoms with Crippen LogP contribution < -0.4 is 5.32 Å². The maximum absolute atomic E-state index is 12.3. The highest BCUT2D eigenvalue weighted by atomic mass is 16.6. The van der Waals surface area contributed by atoms with E-state index in [9.17, 15) is 9.59 Å². The topological polar surface area (TPSA) is 58.6 Å². The maximum atomic E-state index is 12.3. The van der Waals surface area contributed by atoms with Crippen LogP contribution in [0.1, 0.15) is 46.5 Å². The van der Waals surface area contributed by atoms with Gasteiger partial charge in [0, 0.05) is 12.5 Å². The number of nitrogens with one attached hydrogen (secondary N) is 1. The van der Waals surface area contributed by atoms with Crippen molar-refractivity contribution in [1.29, 1.82) is 0 Å². The molecule has 2 saturated heterocycles. The number of fused-ring (bicyclic) bond motifs is 1. The van der Waals surface area contributed by atoms with E-state index in [1.165, 1.54) is 4.90 Å². The van der Waals surface area contributed by atoms with Crippen molar-refractivity contribution >= 4 is 12.0 Å². The lowest BCUT2D eigenvalue weighted by Crippen LogP contribution is -2.53. The van der Waals surface area contributed by atoms with Gasteiger partial charge in [0.25, 0.3) is 0 Å². The summed E-state index contributed by atoms with van der Waals surface area (Å²) in [6, 6.07) is 0.00565. The lowest BCUT2D eigenvalue weighted by molar-refractivity contribution is -0.132. The van der Waals surface area contributed by atoms with Crippen LogP contribution >= 0.6 is 0 Å². The SMILES string of the molecule is CC(C)(C)OC(=O)N1C(=O)CCC[C@@H]2CNCC[C@H]21. The molecule has 2 amide bonds. The molecule has 2 heterocycles. The van der Waals surface area contributed by atoms with Gasteiger partial charge < -0.3 is 10.1 Å². The van der Waals surface area contributed by atoms with Gasteiger partial charge in [-0.2, -0.15) is 0 Å². The molecule has 0 aliphatic carbocycles. The number of piperidine rings is 1. The summed E-state index contributed by atoms with van der Waals surface area (Å²) >= 11 is 0. The zero-order valence-electron chi connectivity index (χ0n) is 12.1. The van der Waals surface area contributed by atoms with E-state index < -0.39 is 11.7 Å². The first kappa shape index (κ1) is 14.3. The van der Waals surface area contributed by atoms with Gasteiger partial charge in [0.1, 0.15) is 5.60 Å². The number of nitrogens with zero attached hydrogens (tertiary/aromatic N) is 1. The Morgan fingerprint density at radius 2 is 2.11 bits per heavy atom. The molecule has 1 N–H and O–H groups in total. The van der Waals surface area contributed by atoms with Crippen LogP contribution in [0.15, 0.2) is 0 Å². The van der Waals surface area contributed by atoms with Crippen LogP contribution in [0.4, 0.5) is 4.79 Å². The zero-order valence-corrected chi connectivity index (χ0v) is 12.1. The van der Waals surface area contributed by atoms with Gasteiger partial charge in [-0.1, -0.05) is 0 Å². The second kappa shape index (κ2) is 5.49. The Morgan fingerprint density at radius 1 is 1.37 bits per heavy atom. The Kier molecular flexibility index (Phi) is 4.13.